The standard InChI is InChI=1S/C15H14ClN3O4/c1-2-18(17)12-5-4-11(16)9-10(12)3-8-15(22)23-19-13(20)6-7-14(19)21/h2-5,8-9H,1,6-7,17H2/b8-3+. The Hall–Kier alpha value is -2.64. The Labute approximate surface area is 137 Å². The molecule has 0 saturated carbocycles. The lowest BCUT2D eigenvalue weighted by molar-refractivity contribution is -0.193. The highest BCUT2D eigenvalue weighted by Crippen LogP contribution is 2.24. The molecule has 0 aromatic heterocycles. The van der Waals surface area contributed by atoms with Gasteiger partial charge in [0, 0.05) is 35.7 Å². The quantitative estimate of drug-likeness (QED) is 0.381. The zero-order chi connectivity index (χ0) is 17.0. The highest BCUT2D eigenvalue weighted by molar-refractivity contribution is 6.30. The summed E-state index contributed by atoms with van der Waals surface area (Å²) in [5.74, 6) is 3.80. The van der Waals surface area contributed by atoms with E-state index in [9.17, 15) is 14.4 Å². The summed E-state index contributed by atoms with van der Waals surface area (Å²) in [6.45, 7) is 3.55. The number of anilines is 1. The molecule has 8 heteroatoms. The minimum absolute atomic E-state index is 0.0374. The zero-order valence-corrected chi connectivity index (χ0v) is 12.8. The molecular formula is C15H14ClN3O4. The van der Waals surface area contributed by atoms with Crippen LogP contribution in [-0.4, -0.2) is 22.8 Å². The molecule has 23 heavy (non-hydrogen) atoms. The number of carbonyl (C=O) groups excluding carboxylic acids is 3. The molecule has 2 amide bonds. The van der Waals surface area contributed by atoms with E-state index in [1.165, 1.54) is 17.3 Å². The molecule has 1 fully saturated rings. The molecule has 1 aromatic carbocycles. The molecule has 1 aliphatic rings. The zero-order valence-electron chi connectivity index (χ0n) is 12.1. The topological polar surface area (TPSA) is 92.9 Å². The van der Waals surface area contributed by atoms with Crippen molar-refractivity contribution >= 4 is 41.1 Å². The Morgan fingerprint density at radius 3 is 2.61 bits per heavy atom. The number of hydrogen-bond acceptors (Lipinski definition) is 6. The van der Waals surface area contributed by atoms with Crippen LogP contribution in [0.25, 0.3) is 6.08 Å². The molecule has 0 spiro atoms. The Bertz CT molecular complexity index is 686. The number of nitrogens with two attached hydrogens (primary N) is 1. The van der Waals surface area contributed by atoms with Gasteiger partial charge in [0.2, 0.25) is 0 Å². The van der Waals surface area contributed by atoms with Gasteiger partial charge in [-0.2, -0.15) is 0 Å². The maximum absolute atomic E-state index is 11.7. The largest absolute Gasteiger partial charge is 0.356 e. The van der Waals surface area contributed by atoms with Crippen molar-refractivity contribution < 1.29 is 19.2 Å². The second-order valence-corrected chi connectivity index (χ2v) is 5.05. The number of hydroxylamine groups is 2. The van der Waals surface area contributed by atoms with Gasteiger partial charge >= 0.3 is 5.97 Å². The molecule has 0 unspecified atom stereocenters. The van der Waals surface area contributed by atoms with Crippen LogP contribution in [0.4, 0.5) is 5.69 Å². The van der Waals surface area contributed by atoms with Crippen molar-refractivity contribution in [1.82, 2.24) is 5.06 Å². The number of halogens is 1. The Morgan fingerprint density at radius 1 is 1.35 bits per heavy atom. The summed E-state index contributed by atoms with van der Waals surface area (Å²) in [6, 6.07) is 4.89. The fraction of sp³-hybridized carbons (Fsp3) is 0.133. The van der Waals surface area contributed by atoms with E-state index in [0.29, 0.717) is 21.3 Å². The van der Waals surface area contributed by atoms with Crippen LogP contribution in [0.15, 0.2) is 37.1 Å². The third kappa shape index (κ3) is 3.97. The number of hydrogen-bond donors (Lipinski definition) is 1. The monoisotopic (exact) mass is 335 g/mol. The van der Waals surface area contributed by atoms with Crippen molar-refractivity contribution in [2.45, 2.75) is 12.8 Å². The minimum atomic E-state index is -0.860. The van der Waals surface area contributed by atoms with Gasteiger partial charge in [-0.25, -0.2) is 10.6 Å². The molecule has 0 aliphatic carbocycles. The maximum atomic E-state index is 11.7. The van der Waals surface area contributed by atoms with E-state index in [1.54, 1.807) is 18.2 Å². The number of imide groups is 1. The van der Waals surface area contributed by atoms with Crippen LogP contribution in [0, 0.1) is 0 Å². The average molecular weight is 336 g/mol. The molecule has 1 saturated heterocycles. The molecular weight excluding hydrogens is 322 g/mol. The minimum Gasteiger partial charge on any atom is -0.326 e. The first-order valence-corrected chi connectivity index (χ1v) is 7.02. The average Bonchev–Trinajstić information content (AvgIpc) is 2.84. The van der Waals surface area contributed by atoms with Crippen molar-refractivity contribution in [3.63, 3.8) is 0 Å². The lowest BCUT2D eigenvalue weighted by Crippen LogP contribution is -2.31. The third-order valence-corrected chi connectivity index (χ3v) is 3.29. The first-order chi connectivity index (χ1) is 10.9. The molecule has 1 heterocycles. The molecule has 0 atom stereocenters. The number of carbonyl (C=O) groups is 3. The summed E-state index contributed by atoms with van der Waals surface area (Å²) in [5, 5.41) is 2.18. The van der Waals surface area contributed by atoms with Gasteiger partial charge in [-0.1, -0.05) is 18.2 Å². The normalized spacial score (nSPS) is 14.4. The van der Waals surface area contributed by atoms with Gasteiger partial charge in [0.1, 0.15) is 0 Å². The molecule has 1 aliphatic heterocycles. The number of hydrazine groups is 1. The molecule has 1 aromatic rings. The lowest BCUT2D eigenvalue weighted by Gasteiger charge is -2.16. The Balaban J connectivity index is 2.14. The van der Waals surface area contributed by atoms with Crippen LogP contribution in [0.2, 0.25) is 5.02 Å². The molecule has 0 bridgehead atoms. The van der Waals surface area contributed by atoms with Crippen LogP contribution < -0.4 is 10.9 Å². The first-order valence-electron chi connectivity index (χ1n) is 6.64. The molecule has 2 rings (SSSR count). The van der Waals surface area contributed by atoms with Gasteiger partial charge in [0.25, 0.3) is 11.8 Å². The lowest BCUT2D eigenvalue weighted by atomic mass is 10.1. The molecule has 120 valence electrons. The van der Waals surface area contributed by atoms with Gasteiger partial charge in [-0.05, 0) is 24.3 Å². The number of nitrogens with zero attached hydrogens (tertiary/aromatic N) is 2. The van der Waals surface area contributed by atoms with Gasteiger partial charge in [0.05, 0.1) is 5.69 Å². The van der Waals surface area contributed by atoms with Crippen molar-refractivity contribution in [2.75, 3.05) is 5.01 Å². The van der Waals surface area contributed by atoms with Crippen LogP contribution in [0.3, 0.4) is 0 Å². The summed E-state index contributed by atoms with van der Waals surface area (Å²) in [7, 11) is 0. The number of amides is 2. The summed E-state index contributed by atoms with van der Waals surface area (Å²) < 4.78 is 0. The summed E-state index contributed by atoms with van der Waals surface area (Å²) in [4.78, 5) is 39.2. The van der Waals surface area contributed by atoms with Crippen molar-refractivity contribution in [3.8, 4) is 0 Å². The highest BCUT2D eigenvalue weighted by Gasteiger charge is 2.32. The molecule has 0 radical (unpaired) electrons. The Kier molecular flexibility index (Phi) is 5.15. The summed E-state index contributed by atoms with van der Waals surface area (Å²) in [5.41, 5.74) is 1.10. The van der Waals surface area contributed by atoms with Gasteiger partial charge in [-0.15, -0.1) is 5.06 Å². The fourth-order valence-corrected chi connectivity index (χ4v) is 2.11. The third-order valence-electron chi connectivity index (χ3n) is 3.05. The van der Waals surface area contributed by atoms with Crippen molar-refractivity contribution in [2.24, 2.45) is 5.84 Å². The second-order valence-electron chi connectivity index (χ2n) is 4.62. The van der Waals surface area contributed by atoms with Gasteiger partial charge in [0.15, 0.2) is 0 Å². The smallest absolute Gasteiger partial charge is 0.326 e. The maximum Gasteiger partial charge on any atom is 0.356 e. The van der Waals surface area contributed by atoms with E-state index in [2.05, 4.69) is 6.58 Å². The molecule has 2 N–H and O–H groups in total. The van der Waals surface area contributed by atoms with E-state index in [-0.39, 0.29) is 12.8 Å². The van der Waals surface area contributed by atoms with Crippen LogP contribution in [0.1, 0.15) is 18.4 Å². The number of benzene rings is 1. The second kappa shape index (κ2) is 7.08. The van der Waals surface area contributed by atoms with E-state index in [4.69, 9.17) is 22.3 Å². The van der Waals surface area contributed by atoms with E-state index >= 15 is 0 Å². The van der Waals surface area contributed by atoms with Crippen LogP contribution in [0.5, 0.6) is 0 Å². The predicted octanol–water partition coefficient (Wildman–Crippen LogP) is 1.78. The molecule has 7 nitrogen and oxygen atoms in total. The summed E-state index contributed by atoms with van der Waals surface area (Å²) >= 11 is 5.92. The fourth-order valence-electron chi connectivity index (χ4n) is 1.93. The van der Waals surface area contributed by atoms with Gasteiger partial charge < -0.3 is 4.84 Å². The predicted molar refractivity (Wildman–Crippen MR) is 84.5 cm³/mol. The van der Waals surface area contributed by atoms with Crippen LogP contribution >= 0.6 is 11.6 Å². The number of rotatable bonds is 5. The highest BCUT2D eigenvalue weighted by atomic mass is 35.5. The SMILES string of the molecule is C=CN(N)c1ccc(Cl)cc1/C=C/C(=O)ON1C(=O)CCC1=O. The van der Waals surface area contributed by atoms with E-state index in [1.807, 2.05) is 0 Å². The van der Waals surface area contributed by atoms with Crippen LogP contribution in [-0.2, 0) is 19.2 Å². The summed E-state index contributed by atoms with van der Waals surface area (Å²) in [6.07, 6.45) is 3.95. The first kappa shape index (κ1) is 16.7. The van der Waals surface area contributed by atoms with E-state index in [0.717, 1.165) is 6.08 Å². The van der Waals surface area contributed by atoms with Crippen molar-refractivity contribution in [1.29, 1.82) is 0 Å². The van der Waals surface area contributed by atoms with Gasteiger partial charge in [-0.3, -0.25) is 14.6 Å². The van der Waals surface area contributed by atoms with Crippen molar-refractivity contribution in [3.05, 3.63) is 47.6 Å². The van der Waals surface area contributed by atoms with E-state index < -0.39 is 17.8 Å². The Morgan fingerprint density at radius 2 is 2.00 bits per heavy atom.